The Bertz CT molecular complexity index is 714. The van der Waals surface area contributed by atoms with Crippen LogP contribution in [0.25, 0.3) is 0 Å². The van der Waals surface area contributed by atoms with Gasteiger partial charge in [-0.05, 0) is 17.5 Å². The first kappa shape index (κ1) is 14.2. The van der Waals surface area contributed by atoms with Crippen molar-refractivity contribution in [3.8, 4) is 0 Å². The van der Waals surface area contributed by atoms with Crippen molar-refractivity contribution in [2.45, 2.75) is 19.5 Å². The molecule has 0 amide bonds. The zero-order valence-electron chi connectivity index (χ0n) is 11.7. The number of nitrogens with one attached hydrogen (secondary N) is 1. The van der Waals surface area contributed by atoms with Gasteiger partial charge in [0.05, 0.1) is 6.54 Å². The molecule has 2 heterocycles. The second kappa shape index (κ2) is 5.55. The number of hydrogen-bond acceptors (Lipinski definition) is 4. The average molecular weight is 307 g/mol. The second-order valence-corrected chi connectivity index (χ2v) is 7.08. The largest absolute Gasteiger partial charge is 0.282 e. The molecule has 1 N–H and O–H groups in total. The number of H-pyrrole nitrogens is 1. The molecule has 21 heavy (non-hydrogen) atoms. The molecule has 0 aliphatic carbocycles. The van der Waals surface area contributed by atoms with E-state index in [0.29, 0.717) is 18.9 Å². The Morgan fingerprint density at radius 1 is 1.33 bits per heavy atom. The summed E-state index contributed by atoms with van der Waals surface area (Å²) in [4.78, 5) is 3.96. The number of benzene rings is 1. The summed E-state index contributed by atoms with van der Waals surface area (Å²) in [5, 5.41) is 6.40. The third-order valence-corrected chi connectivity index (χ3v) is 5.53. The van der Waals surface area contributed by atoms with Crippen molar-refractivity contribution < 1.29 is 8.42 Å². The minimum absolute atomic E-state index is 0.181. The molecule has 0 radical (unpaired) electrons. The van der Waals surface area contributed by atoms with Gasteiger partial charge < -0.3 is 0 Å². The SMILES string of the molecule is CN(Cc1ncn[nH]1)S(=O)(=O)N1CCc2ccccc2C1. The van der Waals surface area contributed by atoms with Crippen LogP contribution in [-0.4, -0.2) is 45.8 Å². The molecule has 3 rings (SSSR count). The molecule has 0 unspecified atom stereocenters. The molecule has 7 nitrogen and oxygen atoms in total. The zero-order valence-corrected chi connectivity index (χ0v) is 12.5. The minimum Gasteiger partial charge on any atom is -0.262 e. The highest BCUT2D eigenvalue weighted by Gasteiger charge is 2.30. The second-order valence-electron chi connectivity index (χ2n) is 5.05. The Hall–Kier alpha value is -1.77. The maximum absolute atomic E-state index is 12.6. The lowest BCUT2D eigenvalue weighted by Gasteiger charge is -2.31. The fraction of sp³-hybridized carbons (Fsp3) is 0.385. The first-order chi connectivity index (χ1) is 10.1. The van der Waals surface area contributed by atoms with Crippen LogP contribution in [0.4, 0.5) is 0 Å². The molecule has 1 aliphatic heterocycles. The molecule has 1 aromatic heterocycles. The summed E-state index contributed by atoms with van der Waals surface area (Å²) in [5.41, 5.74) is 2.29. The van der Waals surface area contributed by atoms with Crippen LogP contribution in [0.15, 0.2) is 30.6 Å². The Morgan fingerprint density at radius 3 is 2.81 bits per heavy atom. The molecule has 1 aromatic carbocycles. The Morgan fingerprint density at radius 2 is 2.10 bits per heavy atom. The quantitative estimate of drug-likeness (QED) is 0.894. The summed E-state index contributed by atoms with van der Waals surface area (Å²) in [6.07, 6.45) is 2.11. The van der Waals surface area contributed by atoms with E-state index in [1.54, 1.807) is 7.05 Å². The van der Waals surface area contributed by atoms with Crippen LogP contribution in [0, 0.1) is 0 Å². The number of rotatable bonds is 4. The van der Waals surface area contributed by atoms with E-state index in [9.17, 15) is 8.42 Å². The van der Waals surface area contributed by atoms with Gasteiger partial charge in [-0.2, -0.15) is 22.1 Å². The number of aromatic nitrogens is 3. The summed E-state index contributed by atoms with van der Waals surface area (Å²) >= 11 is 0. The predicted molar refractivity (Wildman–Crippen MR) is 77.3 cm³/mol. The van der Waals surface area contributed by atoms with E-state index in [0.717, 1.165) is 12.0 Å². The van der Waals surface area contributed by atoms with Crippen molar-refractivity contribution >= 4 is 10.2 Å². The highest BCUT2D eigenvalue weighted by Crippen LogP contribution is 2.22. The molecule has 0 atom stereocenters. The molecule has 1 aliphatic rings. The van der Waals surface area contributed by atoms with Crippen molar-refractivity contribution in [1.82, 2.24) is 23.8 Å². The first-order valence-corrected chi connectivity index (χ1v) is 8.09. The lowest BCUT2D eigenvalue weighted by atomic mass is 10.0. The molecule has 0 bridgehead atoms. The van der Waals surface area contributed by atoms with Gasteiger partial charge in [-0.25, -0.2) is 4.98 Å². The van der Waals surface area contributed by atoms with Gasteiger partial charge in [-0.3, -0.25) is 5.10 Å². The topological polar surface area (TPSA) is 82.2 Å². The summed E-state index contributed by atoms with van der Waals surface area (Å²) in [6.45, 7) is 1.10. The molecule has 0 saturated carbocycles. The first-order valence-electron chi connectivity index (χ1n) is 6.70. The summed E-state index contributed by atoms with van der Waals surface area (Å²) in [6, 6.07) is 7.96. The van der Waals surface area contributed by atoms with Crippen molar-refractivity contribution in [2.75, 3.05) is 13.6 Å². The minimum atomic E-state index is -3.50. The van der Waals surface area contributed by atoms with E-state index in [4.69, 9.17) is 0 Å². The maximum Gasteiger partial charge on any atom is 0.282 e. The van der Waals surface area contributed by atoms with Gasteiger partial charge in [-0.1, -0.05) is 24.3 Å². The van der Waals surface area contributed by atoms with E-state index in [1.807, 2.05) is 18.2 Å². The van der Waals surface area contributed by atoms with E-state index in [1.165, 1.54) is 20.5 Å². The molecule has 112 valence electrons. The van der Waals surface area contributed by atoms with E-state index >= 15 is 0 Å². The Balaban J connectivity index is 1.77. The van der Waals surface area contributed by atoms with Gasteiger partial charge in [0.2, 0.25) is 0 Å². The molecule has 0 saturated heterocycles. The molecular weight excluding hydrogens is 290 g/mol. The van der Waals surface area contributed by atoms with Gasteiger partial charge in [0.1, 0.15) is 12.2 Å². The lowest BCUT2D eigenvalue weighted by molar-refractivity contribution is 0.340. The van der Waals surface area contributed by atoms with Crippen LogP contribution in [0.2, 0.25) is 0 Å². The third-order valence-electron chi connectivity index (χ3n) is 3.65. The smallest absolute Gasteiger partial charge is 0.262 e. The zero-order chi connectivity index (χ0) is 14.9. The van der Waals surface area contributed by atoms with E-state index < -0.39 is 10.2 Å². The fourth-order valence-electron chi connectivity index (χ4n) is 2.46. The van der Waals surface area contributed by atoms with Gasteiger partial charge in [0.25, 0.3) is 10.2 Å². The van der Waals surface area contributed by atoms with Gasteiger partial charge >= 0.3 is 0 Å². The molecular formula is C13H17N5O2S. The molecule has 2 aromatic rings. The Labute approximate surface area is 123 Å². The molecule has 0 spiro atoms. The fourth-order valence-corrected chi connectivity index (χ4v) is 3.77. The van der Waals surface area contributed by atoms with E-state index in [2.05, 4.69) is 21.2 Å². The highest BCUT2D eigenvalue weighted by atomic mass is 32.2. The number of hydrogen-bond donors (Lipinski definition) is 1. The van der Waals surface area contributed by atoms with Crippen LogP contribution >= 0.6 is 0 Å². The summed E-state index contributed by atoms with van der Waals surface area (Å²) < 4.78 is 28.0. The van der Waals surface area contributed by atoms with Crippen LogP contribution in [-0.2, 0) is 29.7 Å². The van der Waals surface area contributed by atoms with Crippen LogP contribution in [0.1, 0.15) is 17.0 Å². The van der Waals surface area contributed by atoms with Crippen molar-refractivity contribution in [1.29, 1.82) is 0 Å². The van der Waals surface area contributed by atoms with Crippen LogP contribution < -0.4 is 0 Å². The number of fused-ring (bicyclic) bond motifs is 1. The number of nitrogens with zero attached hydrogens (tertiary/aromatic N) is 4. The number of aromatic amines is 1. The van der Waals surface area contributed by atoms with Crippen molar-refractivity contribution in [2.24, 2.45) is 0 Å². The Kier molecular flexibility index (Phi) is 3.75. The summed E-state index contributed by atoms with van der Waals surface area (Å²) in [7, 11) is -1.95. The average Bonchev–Trinajstić information content (AvgIpc) is 2.99. The maximum atomic E-state index is 12.6. The standard InChI is InChI=1S/C13H17N5O2S/c1-17(9-13-14-10-15-16-13)21(19,20)18-7-6-11-4-2-3-5-12(11)8-18/h2-5,10H,6-9H2,1H3,(H,14,15,16). The normalized spacial score (nSPS) is 16.1. The van der Waals surface area contributed by atoms with Crippen molar-refractivity contribution in [3.05, 3.63) is 47.5 Å². The van der Waals surface area contributed by atoms with Gasteiger partial charge in [0.15, 0.2) is 0 Å². The highest BCUT2D eigenvalue weighted by molar-refractivity contribution is 7.86. The van der Waals surface area contributed by atoms with Gasteiger partial charge in [0, 0.05) is 20.1 Å². The van der Waals surface area contributed by atoms with E-state index in [-0.39, 0.29) is 6.54 Å². The lowest BCUT2D eigenvalue weighted by Crippen LogP contribution is -2.44. The summed E-state index contributed by atoms with van der Waals surface area (Å²) in [5.74, 6) is 0.526. The van der Waals surface area contributed by atoms with Crippen molar-refractivity contribution in [3.63, 3.8) is 0 Å². The molecule has 8 heteroatoms. The van der Waals surface area contributed by atoms with Crippen LogP contribution in [0.5, 0.6) is 0 Å². The monoisotopic (exact) mass is 307 g/mol. The molecule has 0 fully saturated rings. The predicted octanol–water partition coefficient (Wildman–Crippen LogP) is 0.540. The van der Waals surface area contributed by atoms with Gasteiger partial charge in [-0.15, -0.1) is 0 Å². The van der Waals surface area contributed by atoms with Crippen LogP contribution in [0.3, 0.4) is 0 Å². The third kappa shape index (κ3) is 2.82.